The van der Waals surface area contributed by atoms with Gasteiger partial charge in [0.1, 0.15) is 17.2 Å². The molecule has 0 saturated heterocycles. The van der Waals surface area contributed by atoms with Gasteiger partial charge in [-0.2, -0.15) is 18.3 Å². The maximum absolute atomic E-state index is 14.2. The monoisotopic (exact) mass is 481 g/mol. The van der Waals surface area contributed by atoms with E-state index in [1.54, 1.807) is 24.3 Å². The Morgan fingerprint density at radius 3 is 2.54 bits per heavy atom. The summed E-state index contributed by atoms with van der Waals surface area (Å²) in [6.45, 7) is 0.938. The lowest BCUT2D eigenvalue weighted by Crippen LogP contribution is -2.13. The van der Waals surface area contributed by atoms with Gasteiger partial charge in [-0.25, -0.2) is 14.4 Å². The summed E-state index contributed by atoms with van der Waals surface area (Å²) < 4.78 is 55.2. The highest BCUT2D eigenvalue weighted by atomic mass is 19.4. The summed E-state index contributed by atoms with van der Waals surface area (Å²) in [5, 5.41) is 14.0. The van der Waals surface area contributed by atoms with Crippen LogP contribution in [-0.4, -0.2) is 33.3 Å². The fourth-order valence-corrected chi connectivity index (χ4v) is 3.81. The third-order valence-corrected chi connectivity index (χ3v) is 5.43. The van der Waals surface area contributed by atoms with Crippen LogP contribution in [0.4, 0.5) is 34.9 Å². The first-order valence-corrected chi connectivity index (χ1v) is 10.7. The van der Waals surface area contributed by atoms with E-state index in [0.717, 1.165) is 11.8 Å². The molecule has 0 bridgehead atoms. The average molecular weight is 481 g/mol. The van der Waals surface area contributed by atoms with Crippen LogP contribution in [0.3, 0.4) is 0 Å². The van der Waals surface area contributed by atoms with E-state index >= 15 is 0 Å². The minimum atomic E-state index is -4.59. The minimum absolute atomic E-state index is 0.110. The molecule has 0 saturated carbocycles. The second-order valence-corrected chi connectivity index (χ2v) is 7.75. The number of H-pyrrole nitrogens is 1. The van der Waals surface area contributed by atoms with Crippen molar-refractivity contribution in [3.8, 4) is 11.4 Å². The van der Waals surface area contributed by atoms with E-state index in [1.165, 1.54) is 30.3 Å². The van der Waals surface area contributed by atoms with Gasteiger partial charge in [-0.1, -0.05) is 24.3 Å². The number of para-hydroxylation sites is 1. The van der Waals surface area contributed by atoms with Crippen LogP contribution in [0.5, 0.6) is 0 Å². The van der Waals surface area contributed by atoms with Crippen LogP contribution in [-0.2, 0) is 6.18 Å². The first kappa shape index (κ1) is 22.5. The van der Waals surface area contributed by atoms with Gasteiger partial charge in [0.15, 0.2) is 11.6 Å². The van der Waals surface area contributed by atoms with Crippen molar-refractivity contribution in [1.82, 2.24) is 20.2 Å². The van der Waals surface area contributed by atoms with Crippen molar-refractivity contribution < 1.29 is 17.6 Å². The Hall–Kier alpha value is -4.25. The summed E-state index contributed by atoms with van der Waals surface area (Å²) in [6.07, 6.45) is -4.59. The van der Waals surface area contributed by atoms with Crippen LogP contribution in [0.2, 0.25) is 0 Å². The molecular formula is C24H19F4N7. The first-order chi connectivity index (χ1) is 16.8. The fraction of sp³-hybridized carbons (Fsp3) is 0.125. The predicted octanol–water partition coefficient (Wildman–Crippen LogP) is 5.45. The first-order valence-electron chi connectivity index (χ1n) is 10.7. The number of aromatic nitrogens is 4. The molecule has 0 unspecified atom stereocenters. The van der Waals surface area contributed by atoms with Crippen molar-refractivity contribution in [2.45, 2.75) is 6.18 Å². The van der Waals surface area contributed by atoms with E-state index in [-0.39, 0.29) is 28.5 Å². The molecule has 0 aliphatic rings. The number of nitrogens with two attached hydrogens (primary N) is 1. The lowest BCUT2D eigenvalue weighted by Gasteiger charge is -2.15. The molecule has 7 nitrogen and oxygen atoms in total. The van der Waals surface area contributed by atoms with E-state index in [0.29, 0.717) is 29.4 Å². The molecule has 0 radical (unpaired) electrons. The Morgan fingerprint density at radius 1 is 0.914 bits per heavy atom. The molecule has 5 aromatic rings. The minimum Gasteiger partial charge on any atom is -0.384 e. The second-order valence-electron chi connectivity index (χ2n) is 7.75. The Balaban J connectivity index is 1.70. The molecule has 5 N–H and O–H groups in total. The summed E-state index contributed by atoms with van der Waals surface area (Å²) in [4.78, 5) is 8.86. The zero-order chi connectivity index (χ0) is 24.6. The van der Waals surface area contributed by atoms with E-state index in [4.69, 9.17) is 5.73 Å². The number of aromatic amines is 1. The van der Waals surface area contributed by atoms with E-state index < -0.39 is 17.6 Å². The highest BCUT2D eigenvalue weighted by Gasteiger charge is 2.34. The van der Waals surface area contributed by atoms with E-state index in [1.807, 2.05) is 0 Å². The second kappa shape index (κ2) is 8.84. The molecule has 178 valence electrons. The molecule has 11 heteroatoms. The molecule has 0 fully saturated rings. The smallest absolute Gasteiger partial charge is 0.384 e. The number of hydrogen-bond donors (Lipinski definition) is 4. The maximum Gasteiger partial charge on any atom is 0.417 e. The van der Waals surface area contributed by atoms with Crippen molar-refractivity contribution in [2.24, 2.45) is 5.73 Å². The molecule has 3 aromatic carbocycles. The lowest BCUT2D eigenvalue weighted by molar-refractivity contribution is -0.137. The van der Waals surface area contributed by atoms with Gasteiger partial charge in [-0.05, 0) is 36.4 Å². The van der Waals surface area contributed by atoms with Gasteiger partial charge < -0.3 is 16.4 Å². The maximum atomic E-state index is 14.2. The van der Waals surface area contributed by atoms with Gasteiger partial charge in [0.25, 0.3) is 0 Å². The van der Waals surface area contributed by atoms with Crippen molar-refractivity contribution >= 4 is 39.1 Å². The number of benzene rings is 3. The van der Waals surface area contributed by atoms with Gasteiger partial charge in [0, 0.05) is 35.1 Å². The molecular weight excluding hydrogens is 462 g/mol. The van der Waals surface area contributed by atoms with Gasteiger partial charge >= 0.3 is 6.18 Å². The predicted molar refractivity (Wildman–Crippen MR) is 127 cm³/mol. The normalized spacial score (nSPS) is 11.8. The molecule has 2 aromatic heterocycles. The number of alkyl halides is 3. The summed E-state index contributed by atoms with van der Waals surface area (Å²) >= 11 is 0. The van der Waals surface area contributed by atoms with Crippen LogP contribution in [0.25, 0.3) is 33.2 Å². The zero-order valence-corrected chi connectivity index (χ0v) is 18.1. The topological polar surface area (TPSA) is 105 Å². The number of rotatable bonds is 6. The molecule has 5 rings (SSSR count). The Bertz CT molecular complexity index is 1530. The molecule has 0 amide bonds. The van der Waals surface area contributed by atoms with Crippen LogP contribution in [0.1, 0.15) is 5.56 Å². The van der Waals surface area contributed by atoms with Crippen molar-refractivity contribution in [1.29, 1.82) is 0 Å². The third kappa shape index (κ3) is 4.33. The van der Waals surface area contributed by atoms with Crippen LogP contribution in [0, 0.1) is 5.82 Å². The van der Waals surface area contributed by atoms with Crippen molar-refractivity contribution in [2.75, 3.05) is 23.7 Å². The van der Waals surface area contributed by atoms with Crippen molar-refractivity contribution in [3.63, 3.8) is 0 Å². The number of halogens is 4. The van der Waals surface area contributed by atoms with E-state index in [9.17, 15) is 17.6 Å². The average Bonchev–Trinajstić information content (AvgIpc) is 3.26. The summed E-state index contributed by atoms with van der Waals surface area (Å²) in [7, 11) is 0. The standard InChI is InChI=1S/C24H19F4N7/c25-18-7-3-5-15-20(18)34-35-23(15)33-22-16-12-13(30-11-10-29)8-9-19(16)31-21(32-22)14-4-1-2-6-17(14)24(26,27)28/h1-9,12,30H,10-11,29H2,(H2,31,32,33,34,35). The molecule has 0 aliphatic heterocycles. The molecule has 0 atom stereocenters. The van der Waals surface area contributed by atoms with Crippen LogP contribution < -0.4 is 16.4 Å². The molecule has 0 aliphatic carbocycles. The number of anilines is 3. The van der Waals surface area contributed by atoms with Crippen LogP contribution in [0.15, 0.2) is 60.7 Å². The number of hydrogen-bond acceptors (Lipinski definition) is 6. The van der Waals surface area contributed by atoms with Gasteiger partial charge in [0.2, 0.25) is 0 Å². The van der Waals surface area contributed by atoms with Gasteiger partial charge in [-0.3, -0.25) is 5.10 Å². The highest BCUT2D eigenvalue weighted by molar-refractivity contribution is 5.98. The van der Waals surface area contributed by atoms with Crippen LogP contribution >= 0.6 is 0 Å². The number of nitrogens with zero attached hydrogens (tertiary/aromatic N) is 3. The SMILES string of the molecule is NCCNc1ccc2nc(-c3ccccc3C(F)(F)F)nc(Nc3n[nH]c4c(F)cccc34)c2c1. The molecule has 0 spiro atoms. The Labute approximate surface area is 196 Å². The largest absolute Gasteiger partial charge is 0.417 e. The summed E-state index contributed by atoms with van der Waals surface area (Å²) in [5.74, 6) is -0.101. The van der Waals surface area contributed by atoms with Gasteiger partial charge in [0.05, 0.1) is 11.1 Å². The van der Waals surface area contributed by atoms with E-state index in [2.05, 4.69) is 30.8 Å². The summed E-state index contributed by atoms with van der Waals surface area (Å²) in [5.41, 5.74) is 5.91. The Morgan fingerprint density at radius 2 is 1.74 bits per heavy atom. The van der Waals surface area contributed by atoms with Gasteiger partial charge in [-0.15, -0.1) is 0 Å². The third-order valence-electron chi connectivity index (χ3n) is 5.43. The zero-order valence-electron chi connectivity index (χ0n) is 18.1. The number of fused-ring (bicyclic) bond motifs is 2. The number of nitrogens with one attached hydrogen (secondary N) is 3. The molecule has 35 heavy (non-hydrogen) atoms. The fourth-order valence-electron chi connectivity index (χ4n) is 3.81. The molecule has 2 heterocycles. The lowest BCUT2D eigenvalue weighted by atomic mass is 10.1. The highest BCUT2D eigenvalue weighted by Crippen LogP contribution is 2.38. The summed E-state index contributed by atoms with van der Waals surface area (Å²) in [6, 6.07) is 14.8. The Kier molecular flexibility index (Phi) is 5.69. The van der Waals surface area contributed by atoms with Crippen molar-refractivity contribution in [3.05, 3.63) is 72.0 Å². The quantitative estimate of drug-likeness (QED) is 0.241.